The molecule has 1 atom stereocenters. The Morgan fingerprint density at radius 1 is 1.33 bits per heavy atom. The summed E-state index contributed by atoms with van der Waals surface area (Å²) in [4.78, 5) is 12.4. The van der Waals surface area contributed by atoms with Crippen LogP contribution in [0.4, 0.5) is 0 Å². The second-order valence-electron chi connectivity index (χ2n) is 5.84. The number of hydrogen-bond acceptors (Lipinski definition) is 2. The second-order valence-corrected chi connectivity index (χ2v) is 5.84. The van der Waals surface area contributed by atoms with Gasteiger partial charge in [0.1, 0.15) is 0 Å². The van der Waals surface area contributed by atoms with Crippen molar-refractivity contribution in [1.82, 2.24) is 5.32 Å². The number of hydrogen-bond donors (Lipinski definition) is 2. The highest BCUT2D eigenvalue weighted by Crippen LogP contribution is 2.32. The fourth-order valence-electron chi connectivity index (χ4n) is 3.21. The van der Waals surface area contributed by atoms with E-state index in [9.17, 15) is 4.79 Å². The van der Waals surface area contributed by atoms with Crippen LogP contribution in [0.5, 0.6) is 0 Å². The van der Waals surface area contributed by atoms with Crippen LogP contribution in [-0.2, 0) is 11.2 Å². The van der Waals surface area contributed by atoms with Crippen molar-refractivity contribution in [3.8, 4) is 0 Å². The number of carbonyl (C=O) groups is 1. The minimum absolute atomic E-state index is 0. The van der Waals surface area contributed by atoms with Crippen LogP contribution in [-0.4, -0.2) is 19.0 Å². The summed E-state index contributed by atoms with van der Waals surface area (Å²) in [6.45, 7) is 5.24. The molecule has 0 fully saturated rings. The van der Waals surface area contributed by atoms with Gasteiger partial charge in [0, 0.05) is 19.0 Å². The van der Waals surface area contributed by atoms with Crippen molar-refractivity contribution in [3.63, 3.8) is 0 Å². The number of rotatable bonds is 6. The predicted molar refractivity (Wildman–Crippen MR) is 89.8 cm³/mol. The van der Waals surface area contributed by atoms with Gasteiger partial charge in [-0.2, -0.15) is 0 Å². The monoisotopic (exact) mass is 310 g/mol. The van der Waals surface area contributed by atoms with Gasteiger partial charge in [0.2, 0.25) is 5.91 Å². The molecular weight excluding hydrogens is 284 g/mol. The van der Waals surface area contributed by atoms with E-state index in [1.165, 1.54) is 11.1 Å². The van der Waals surface area contributed by atoms with Crippen LogP contribution in [0.15, 0.2) is 24.3 Å². The van der Waals surface area contributed by atoms with E-state index >= 15 is 0 Å². The first-order chi connectivity index (χ1) is 9.66. The molecule has 21 heavy (non-hydrogen) atoms. The third-order valence-electron chi connectivity index (χ3n) is 4.99. The molecule has 1 amide bonds. The maximum Gasteiger partial charge on any atom is 0.227 e. The first kappa shape index (κ1) is 18.0. The molecule has 4 heteroatoms. The summed E-state index contributed by atoms with van der Waals surface area (Å²) >= 11 is 0. The lowest BCUT2D eigenvalue weighted by atomic mass is 9.81. The summed E-state index contributed by atoms with van der Waals surface area (Å²) in [6.07, 6.45) is 3.86. The smallest absolute Gasteiger partial charge is 0.227 e. The minimum atomic E-state index is -0.391. The van der Waals surface area contributed by atoms with Crippen molar-refractivity contribution in [2.24, 2.45) is 11.1 Å². The fourth-order valence-corrected chi connectivity index (χ4v) is 3.21. The number of halogens is 1. The summed E-state index contributed by atoms with van der Waals surface area (Å²) in [6, 6.07) is 8.56. The average molecular weight is 311 g/mol. The zero-order valence-corrected chi connectivity index (χ0v) is 13.8. The summed E-state index contributed by atoms with van der Waals surface area (Å²) in [5.74, 6) is 0.578. The average Bonchev–Trinajstić information content (AvgIpc) is 2.91. The molecule has 0 aliphatic heterocycles. The SMILES string of the molecule is CCC(CC)(CN)C(=O)NCC1CCc2ccccc21.Cl. The highest BCUT2D eigenvalue weighted by Gasteiger charge is 2.34. The molecule has 1 unspecified atom stereocenters. The molecule has 1 aliphatic carbocycles. The fraction of sp³-hybridized carbons (Fsp3) is 0.588. The quantitative estimate of drug-likeness (QED) is 0.848. The summed E-state index contributed by atoms with van der Waals surface area (Å²) < 4.78 is 0. The Labute approximate surface area is 134 Å². The second kappa shape index (κ2) is 7.81. The molecule has 118 valence electrons. The number of nitrogens with one attached hydrogen (secondary N) is 1. The maximum atomic E-state index is 12.4. The Bertz CT molecular complexity index is 463. The third kappa shape index (κ3) is 3.58. The Balaban J connectivity index is 0.00000220. The van der Waals surface area contributed by atoms with Crippen molar-refractivity contribution < 1.29 is 4.79 Å². The lowest BCUT2D eigenvalue weighted by Gasteiger charge is -2.29. The third-order valence-corrected chi connectivity index (χ3v) is 4.99. The van der Waals surface area contributed by atoms with E-state index in [4.69, 9.17) is 5.73 Å². The van der Waals surface area contributed by atoms with E-state index in [-0.39, 0.29) is 18.3 Å². The number of nitrogens with two attached hydrogens (primary N) is 1. The maximum absolute atomic E-state index is 12.4. The van der Waals surface area contributed by atoms with E-state index in [1.54, 1.807) is 0 Å². The van der Waals surface area contributed by atoms with Crippen LogP contribution in [0.3, 0.4) is 0 Å². The van der Waals surface area contributed by atoms with Gasteiger partial charge in [0.25, 0.3) is 0 Å². The van der Waals surface area contributed by atoms with Gasteiger partial charge in [0.15, 0.2) is 0 Å². The Morgan fingerprint density at radius 3 is 2.62 bits per heavy atom. The van der Waals surface area contributed by atoms with Gasteiger partial charge < -0.3 is 11.1 Å². The first-order valence-corrected chi connectivity index (χ1v) is 7.73. The van der Waals surface area contributed by atoms with Crippen LogP contribution in [0.2, 0.25) is 0 Å². The Hall–Kier alpha value is -1.06. The molecule has 0 heterocycles. The van der Waals surface area contributed by atoms with Gasteiger partial charge in [-0.1, -0.05) is 38.1 Å². The van der Waals surface area contributed by atoms with Crippen LogP contribution in [0.1, 0.15) is 50.2 Å². The molecule has 2 rings (SSSR count). The zero-order valence-electron chi connectivity index (χ0n) is 13.0. The van der Waals surface area contributed by atoms with Gasteiger partial charge >= 0.3 is 0 Å². The molecule has 0 radical (unpaired) electrons. The molecule has 0 saturated heterocycles. The number of aryl methyl sites for hydroxylation is 1. The molecule has 0 aromatic heterocycles. The van der Waals surface area contributed by atoms with Gasteiger partial charge in [-0.25, -0.2) is 0 Å². The molecule has 3 N–H and O–H groups in total. The topological polar surface area (TPSA) is 55.1 Å². The van der Waals surface area contributed by atoms with Crippen LogP contribution in [0.25, 0.3) is 0 Å². The van der Waals surface area contributed by atoms with E-state index in [2.05, 4.69) is 29.6 Å². The minimum Gasteiger partial charge on any atom is -0.355 e. The van der Waals surface area contributed by atoms with Crippen LogP contribution in [0, 0.1) is 5.41 Å². The van der Waals surface area contributed by atoms with Gasteiger partial charge in [-0.05, 0) is 36.8 Å². The molecule has 1 aromatic carbocycles. The number of carbonyl (C=O) groups excluding carboxylic acids is 1. The first-order valence-electron chi connectivity index (χ1n) is 7.73. The Kier molecular flexibility index (Phi) is 6.69. The largest absolute Gasteiger partial charge is 0.355 e. The van der Waals surface area contributed by atoms with Gasteiger partial charge in [0.05, 0.1) is 5.41 Å². The zero-order chi connectivity index (χ0) is 14.6. The lowest BCUT2D eigenvalue weighted by molar-refractivity contribution is -0.131. The van der Waals surface area contributed by atoms with E-state index in [1.807, 2.05) is 13.8 Å². The highest BCUT2D eigenvalue weighted by atomic mass is 35.5. The van der Waals surface area contributed by atoms with Crippen molar-refractivity contribution in [3.05, 3.63) is 35.4 Å². The molecule has 3 nitrogen and oxygen atoms in total. The van der Waals surface area contributed by atoms with E-state index in [0.29, 0.717) is 12.5 Å². The molecule has 1 aliphatic rings. The van der Waals surface area contributed by atoms with Gasteiger partial charge in [-0.3, -0.25) is 4.79 Å². The molecule has 1 aromatic rings. The Morgan fingerprint density at radius 2 is 2.00 bits per heavy atom. The molecule has 0 spiro atoms. The summed E-state index contributed by atoms with van der Waals surface area (Å²) in [7, 11) is 0. The van der Waals surface area contributed by atoms with E-state index in [0.717, 1.165) is 32.2 Å². The van der Waals surface area contributed by atoms with Crippen molar-refractivity contribution in [1.29, 1.82) is 0 Å². The van der Waals surface area contributed by atoms with Crippen molar-refractivity contribution in [2.45, 2.75) is 45.4 Å². The normalized spacial score (nSPS) is 17.0. The lowest BCUT2D eigenvalue weighted by Crippen LogP contribution is -2.46. The highest BCUT2D eigenvalue weighted by molar-refractivity contribution is 5.85. The molecule has 0 saturated carbocycles. The number of benzene rings is 1. The van der Waals surface area contributed by atoms with Crippen LogP contribution >= 0.6 is 12.4 Å². The number of amides is 1. The molecule has 0 bridgehead atoms. The predicted octanol–water partition coefficient (Wildman–Crippen LogP) is 3.02. The summed E-state index contributed by atoms with van der Waals surface area (Å²) in [5, 5.41) is 3.14. The van der Waals surface area contributed by atoms with Crippen LogP contribution < -0.4 is 11.1 Å². The van der Waals surface area contributed by atoms with Gasteiger partial charge in [-0.15, -0.1) is 12.4 Å². The summed E-state index contributed by atoms with van der Waals surface area (Å²) in [5.41, 5.74) is 8.27. The molecular formula is C17H27ClN2O. The van der Waals surface area contributed by atoms with Crippen molar-refractivity contribution >= 4 is 18.3 Å². The van der Waals surface area contributed by atoms with Crippen molar-refractivity contribution in [2.75, 3.05) is 13.1 Å². The van der Waals surface area contributed by atoms with E-state index < -0.39 is 5.41 Å². The number of fused-ring (bicyclic) bond motifs is 1. The standard InChI is InChI=1S/C17H26N2O.ClH/c1-3-17(4-2,12-18)16(20)19-11-14-10-9-13-7-5-6-8-15(13)14;/h5-8,14H,3-4,9-12,18H2,1-2H3,(H,19,20);1H.